The van der Waals surface area contributed by atoms with Gasteiger partial charge in [0.25, 0.3) is 23.4 Å². The van der Waals surface area contributed by atoms with Gasteiger partial charge in [-0.1, -0.05) is 22.0 Å². The molecule has 0 saturated heterocycles. The fourth-order valence-electron chi connectivity index (χ4n) is 2.71. The molecule has 0 atom stereocenters. The molecule has 0 aliphatic carbocycles. The summed E-state index contributed by atoms with van der Waals surface area (Å²) in [4.78, 5) is 59.2. The minimum atomic E-state index is -1.10. The van der Waals surface area contributed by atoms with Gasteiger partial charge in [-0.25, -0.2) is 4.39 Å². The Balaban J connectivity index is 1.61. The average molecular weight is 480 g/mol. The molecule has 1 aliphatic rings. The third-order valence-corrected chi connectivity index (χ3v) is 4.52. The summed E-state index contributed by atoms with van der Waals surface area (Å²) in [6, 6.07) is 7.46. The lowest BCUT2D eigenvalue weighted by Gasteiger charge is -2.13. The Labute approximate surface area is 175 Å². The highest BCUT2D eigenvalue weighted by Crippen LogP contribution is 2.30. The Morgan fingerprint density at radius 1 is 1.20 bits per heavy atom. The summed E-state index contributed by atoms with van der Waals surface area (Å²) in [5.74, 6) is -4.56. The van der Waals surface area contributed by atoms with E-state index in [0.29, 0.717) is 9.37 Å². The quantitative estimate of drug-likeness (QED) is 0.290. The molecule has 0 unspecified atom stereocenters. The lowest BCUT2D eigenvalue weighted by Crippen LogP contribution is -2.36. The van der Waals surface area contributed by atoms with Crippen LogP contribution in [0, 0.1) is 15.9 Å². The molecule has 0 aromatic heterocycles. The summed E-state index contributed by atoms with van der Waals surface area (Å²) in [7, 11) is 0. The van der Waals surface area contributed by atoms with Crippen molar-refractivity contribution in [2.45, 2.75) is 0 Å². The van der Waals surface area contributed by atoms with E-state index in [-0.39, 0.29) is 11.3 Å². The second-order valence-corrected chi connectivity index (χ2v) is 6.90. The third kappa shape index (κ3) is 4.17. The van der Waals surface area contributed by atoms with E-state index in [1.807, 2.05) is 0 Å². The van der Waals surface area contributed by atoms with Crippen LogP contribution < -0.4 is 5.32 Å². The van der Waals surface area contributed by atoms with Crippen molar-refractivity contribution >= 4 is 51.0 Å². The van der Waals surface area contributed by atoms with Gasteiger partial charge in [-0.05, 0) is 24.3 Å². The molecule has 0 bridgehead atoms. The van der Waals surface area contributed by atoms with Crippen molar-refractivity contribution in [1.29, 1.82) is 0 Å². The number of imide groups is 1. The molecule has 3 amide bonds. The number of nitro benzene ring substituents is 1. The van der Waals surface area contributed by atoms with E-state index in [9.17, 15) is 33.7 Å². The molecule has 2 aromatic rings. The molecule has 3 rings (SSSR count). The zero-order valence-corrected chi connectivity index (χ0v) is 16.5. The van der Waals surface area contributed by atoms with Gasteiger partial charge in [-0.3, -0.25) is 34.2 Å². The van der Waals surface area contributed by atoms with Crippen LogP contribution in [0.3, 0.4) is 0 Å². The van der Waals surface area contributed by atoms with E-state index in [2.05, 4.69) is 21.2 Å². The van der Waals surface area contributed by atoms with Crippen LogP contribution in [-0.4, -0.2) is 46.7 Å². The molecule has 154 valence electrons. The number of carbonyl (C=O) groups is 4. The molecule has 0 fully saturated rings. The fraction of sp³-hybridized carbons (Fsp3) is 0.111. The number of ether oxygens (including phenoxy) is 1. The van der Waals surface area contributed by atoms with Crippen molar-refractivity contribution in [1.82, 2.24) is 4.90 Å². The summed E-state index contributed by atoms with van der Waals surface area (Å²) in [5.41, 5.74) is -1.31. The molecule has 1 aliphatic heterocycles. The normalized spacial score (nSPS) is 12.5. The van der Waals surface area contributed by atoms with E-state index in [1.54, 1.807) is 0 Å². The second kappa shape index (κ2) is 8.37. The molecule has 1 N–H and O–H groups in total. The summed E-state index contributed by atoms with van der Waals surface area (Å²) in [6.45, 7) is -1.64. The van der Waals surface area contributed by atoms with Crippen molar-refractivity contribution in [2.24, 2.45) is 0 Å². The smallest absolute Gasteiger partial charge is 0.326 e. The number of amides is 3. The maximum Gasteiger partial charge on any atom is 0.326 e. The molecule has 30 heavy (non-hydrogen) atoms. The van der Waals surface area contributed by atoms with Crippen LogP contribution in [0.1, 0.15) is 20.7 Å². The number of hydrogen-bond acceptors (Lipinski definition) is 7. The van der Waals surface area contributed by atoms with Crippen molar-refractivity contribution in [3.05, 3.63) is 67.9 Å². The van der Waals surface area contributed by atoms with E-state index in [1.165, 1.54) is 24.3 Å². The number of halogens is 2. The molecule has 0 spiro atoms. The third-order valence-electron chi connectivity index (χ3n) is 4.03. The van der Waals surface area contributed by atoms with Crippen LogP contribution in [0.25, 0.3) is 0 Å². The Hall–Kier alpha value is -3.67. The number of nitrogens with zero attached hydrogens (tertiary/aromatic N) is 2. The van der Waals surface area contributed by atoms with Gasteiger partial charge in [0.05, 0.1) is 16.2 Å². The minimum absolute atomic E-state index is 0.132. The predicted octanol–water partition coefficient (Wildman–Crippen LogP) is 2.27. The highest BCUT2D eigenvalue weighted by molar-refractivity contribution is 9.10. The van der Waals surface area contributed by atoms with E-state index in [4.69, 9.17) is 4.74 Å². The lowest BCUT2D eigenvalue weighted by atomic mass is 10.1. The first kappa shape index (κ1) is 21.0. The Morgan fingerprint density at radius 2 is 1.93 bits per heavy atom. The van der Waals surface area contributed by atoms with Crippen molar-refractivity contribution in [2.75, 3.05) is 18.5 Å². The average Bonchev–Trinajstić information content (AvgIpc) is 2.93. The van der Waals surface area contributed by atoms with Crippen LogP contribution in [0.2, 0.25) is 0 Å². The van der Waals surface area contributed by atoms with Crippen LogP contribution >= 0.6 is 15.9 Å². The molecule has 0 saturated carbocycles. The number of fused-ring (bicyclic) bond motifs is 1. The van der Waals surface area contributed by atoms with Gasteiger partial charge in [-0.2, -0.15) is 0 Å². The predicted molar refractivity (Wildman–Crippen MR) is 102 cm³/mol. The topological polar surface area (TPSA) is 136 Å². The molecular formula is C18H11BrFN3O7. The van der Waals surface area contributed by atoms with Crippen molar-refractivity contribution in [3.8, 4) is 0 Å². The van der Waals surface area contributed by atoms with Crippen LogP contribution in [0.15, 0.2) is 40.9 Å². The highest BCUT2D eigenvalue weighted by atomic mass is 79.9. The minimum Gasteiger partial charge on any atom is -0.454 e. The second-order valence-electron chi connectivity index (χ2n) is 5.99. The summed E-state index contributed by atoms with van der Waals surface area (Å²) in [5, 5.41) is 13.3. The highest BCUT2D eigenvalue weighted by Gasteiger charge is 2.41. The maximum atomic E-state index is 13.7. The fourth-order valence-corrected chi connectivity index (χ4v) is 3.04. The summed E-state index contributed by atoms with van der Waals surface area (Å²) in [6.07, 6.45) is 0. The van der Waals surface area contributed by atoms with Crippen LogP contribution in [0.5, 0.6) is 0 Å². The molecule has 12 heteroatoms. The number of anilines is 1. The van der Waals surface area contributed by atoms with Crippen LogP contribution in [0.4, 0.5) is 15.8 Å². The Bertz CT molecular complexity index is 1110. The van der Waals surface area contributed by atoms with E-state index >= 15 is 0 Å². The van der Waals surface area contributed by atoms with Crippen molar-refractivity contribution < 1.29 is 33.2 Å². The van der Waals surface area contributed by atoms with Gasteiger partial charge in [0, 0.05) is 10.5 Å². The zero-order valence-electron chi connectivity index (χ0n) is 14.9. The SMILES string of the molecule is O=C(COC(=O)CN1C(=O)c2cccc([N+](=O)[O-])c2C1=O)Nc1ccc(Br)cc1F. The Morgan fingerprint density at radius 3 is 2.60 bits per heavy atom. The first-order chi connectivity index (χ1) is 14.2. The number of nitrogens with one attached hydrogen (secondary N) is 1. The van der Waals surface area contributed by atoms with Gasteiger partial charge in [0.2, 0.25) is 0 Å². The van der Waals surface area contributed by atoms with Gasteiger partial charge in [0.15, 0.2) is 6.61 Å². The maximum absolute atomic E-state index is 13.7. The number of carbonyl (C=O) groups excluding carboxylic acids is 4. The number of rotatable bonds is 6. The monoisotopic (exact) mass is 479 g/mol. The van der Waals surface area contributed by atoms with Crippen molar-refractivity contribution in [3.63, 3.8) is 0 Å². The first-order valence-corrected chi connectivity index (χ1v) is 9.02. The zero-order chi connectivity index (χ0) is 22.0. The first-order valence-electron chi connectivity index (χ1n) is 8.23. The largest absolute Gasteiger partial charge is 0.454 e. The standard InChI is InChI=1S/C18H11BrFN3O7/c19-9-4-5-12(11(20)6-9)21-14(24)8-30-15(25)7-22-17(26)10-2-1-3-13(23(28)29)16(10)18(22)27/h1-6H,7-8H2,(H,21,24). The van der Waals surface area contributed by atoms with Gasteiger partial charge in [0.1, 0.15) is 17.9 Å². The van der Waals surface area contributed by atoms with E-state index in [0.717, 1.165) is 12.1 Å². The molecule has 2 aromatic carbocycles. The van der Waals surface area contributed by atoms with Gasteiger partial charge in [-0.15, -0.1) is 0 Å². The number of benzene rings is 2. The number of hydrogen-bond donors (Lipinski definition) is 1. The number of nitro groups is 1. The van der Waals surface area contributed by atoms with E-state index < -0.39 is 58.8 Å². The van der Waals surface area contributed by atoms with Crippen LogP contribution in [-0.2, 0) is 14.3 Å². The molecule has 0 radical (unpaired) electrons. The lowest BCUT2D eigenvalue weighted by molar-refractivity contribution is -0.385. The summed E-state index contributed by atoms with van der Waals surface area (Å²) >= 11 is 3.07. The Kier molecular flexibility index (Phi) is 5.87. The molecule has 1 heterocycles. The number of esters is 1. The van der Waals surface area contributed by atoms with Gasteiger partial charge >= 0.3 is 5.97 Å². The molecular weight excluding hydrogens is 469 g/mol. The summed E-state index contributed by atoms with van der Waals surface area (Å²) < 4.78 is 18.9. The molecule has 10 nitrogen and oxygen atoms in total. The van der Waals surface area contributed by atoms with Gasteiger partial charge < -0.3 is 10.1 Å².